The van der Waals surface area contributed by atoms with Gasteiger partial charge in [-0.15, -0.1) is 0 Å². The fourth-order valence-corrected chi connectivity index (χ4v) is 5.67. The molecular weight excluding hydrogens is 551 g/mol. The Kier molecular flexibility index (Phi) is 7.16. The van der Waals surface area contributed by atoms with Gasteiger partial charge in [0.1, 0.15) is 0 Å². The largest absolute Gasteiger partial charge is 0.286 e. The average Bonchev–Trinajstić information content (AvgIpc) is 3.15. The van der Waals surface area contributed by atoms with Crippen LogP contribution in [0.4, 0.5) is 0 Å². The molecule has 4 rings (SSSR count). The molecule has 1 aliphatic rings. The highest BCUT2D eigenvalue weighted by molar-refractivity contribution is 9.10. The van der Waals surface area contributed by atoms with E-state index in [0.29, 0.717) is 22.2 Å². The fraction of sp³-hybridized carbons (Fsp3) is 0.273. The maximum absolute atomic E-state index is 13.2. The van der Waals surface area contributed by atoms with Crippen LogP contribution in [0.3, 0.4) is 0 Å². The number of halogens is 3. The molecule has 0 bridgehead atoms. The first-order valence-corrected chi connectivity index (χ1v) is 13.6. The van der Waals surface area contributed by atoms with E-state index in [1.165, 1.54) is 0 Å². The molecule has 3 aromatic rings. The Morgan fingerprint density at radius 2 is 1.79 bits per heavy atom. The van der Waals surface area contributed by atoms with Crippen molar-refractivity contribution in [1.29, 1.82) is 0 Å². The Hall–Kier alpha value is -1.91. The lowest BCUT2D eigenvalue weighted by molar-refractivity contribution is 0.0795. The Balaban J connectivity index is 1.79. The first-order chi connectivity index (χ1) is 15.7. The monoisotopic (exact) mass is 570 g/mol. The lowest BCUT2D eigenvalue weighted by atomic mass is 10.0. The number of aromatic nitrogens is 2. The third kappa shape index (κ3) is 5.27. The smallest absolute Gasteiger partial charge is 0.283 e. The van der Waals surface area contributed by atoms with Crippen molar-refractivity contribution in [2.45, 2.75) is 13.3 Å². The summed E-state index contributed by atoms with van der Waals surface area (Å²) in [5.41, 5.74) is 6.05. The van der Waals surface area contributed by atoms with Gasteiger partial charge in [-0.1, -0.05) is 58.2 Å². The third-order valence-corrected chi connectivity index (χ3v) is 8.09. The van der Waals surface area contributed by atoms with E-state index in [1.807, 2.05) is 31.2 Å². The molecule has 2 heterocycles. The summed E-state index contributed by atoms with van der Waals surface area (Å²) in [6.45, 7) is 2.43. The van der Waals surface area contributed by atoms with Crippen LogP contribution in [0.5, 0.6) is 0 Å². The zero-order valence-corrected chi connectivity index (χ0v) is 21.6. The van der Waals surface area contributed by atoms with Gasteiger partial charge in [0.2, 0.25) is 0 Å². The molecule has 2 aromatic carbocycles. The number of carbonyl (C=O) groups is 1. The molecule has 0 unspecified atom stereocenters. The fourth-order valence-electron chi connectivity index (χ4n) is 3.72. The summed E-state index contributed by atoms with van der Waals surface area (Å²) in [4.78, 5) is 13.2. The van der Waals surface area contributed by atoms with E-state index in [4.69, 9.17) is 23.2 Å². The van der Waals surface area contributed by atoms with Gasteiger partial charge in [-0.25, -0.2) is 18.1 Å². The first-order valence-electron chi connectivity index (χ1n) is 10.3. The molecule has 7 nitrogen and oxygen atoms in total. The minimum absolute atomic E-state index is 0.00683. The summed E-state index contributed by atoms with van der Waals surface area (Å²) < 4.78 is 26.0. The van der Waals surface area contributed by atoms with Crippen LogP contribution < -0.4 is 5.43 Å². The Morgan fingerprint density at radius 3 is 2.39 bits per heavy atom. The number of benzene rings is 2. The van der Waals surface area contributed by atoms with Crippen molar-refractivity contribution in [3.05, 3.63) is 68.2 Å². The average molecular weight is 572 g/mol. The number of nitrogens with zero attached hydrogens (tertiary/aromatic N) is 3. The number of hydrogen-bond acceptors (Lipinski definition) is 5. The molecule has 0 radical (unpaired) electrons. The zero-order chi connectivity index (χ0) is 23.8. The number of hydrazine groups is 1. The van der Waals surface area contributed by atoms with E-state index in [2.05, 4.69) is 26.5 Å². The summed E-state index contributed by atoms with van der Waals surface area (Å²) in [7, 11) is -3.06. The summed E-state index contributed by atoms with van der Waals surface area (Å²) in [6.07, 6.45) is 0.549. The molecule has 1 saturated heterocycles. The predicted molar refractivity (Wildman–Crippen MR) is 134 cm³/mol. The van der Waals surface area contributed by atoms with Gasteiger partial charge in [0, 0.05) is 33.7 Å². The van der Waals surface area contributed by atoms with Gasteiger partial charge in [-0.2, -0.15) is 5.10 Å². The molecule has 0 spiro atoms. The summed E-state index contributed by atoms with van der Waals surface area (Å²) in [5, 5.41) is 7.17. The van der Waals surface area contributed by atoms with Crippen LogP contribution in [0, 0.1) is 0 Å². The number of nitrogens with one attached hydrogen (secondary N) is 1. The van der Waals surface area contributed by atoms with Crippen LogP contribution in [0.15, 0.2) is 46.9 Å². The number of carbonyl (C=O) groups excluding carboxylic acids is 1. The van der Waals surface area contributed by atoms with Crippen LogP contribution in [0.2, 0.25) is 10.0 Å². The molecule has 1 aliphatic heterocycles. The molecule has 0 atom stereocenters. The van der Waals surface area contributed by atoms with Crippen LogP contribution in [-0.4, -0.2) is 53.7 Å². The van der Waals surface area contributed by atoms with Gasteiger partial charge in [0.05, 0.1) is 27.9 Å². The van der Waals surface area contributed by atoms with E-state index in [1.54, 1.807) is 27.9 Å². The molecule has 0 saturated carbocycles. The molecular formula is C22H21BrCl2N4O3S. The van der Waals surface area contributed by atoms with Crippen molar-refractivity contribution in [2.24, 2.45) is 0 Å². The Labute approximate surface area is 210 Å². The van der Waals surface area contributed by atoms with Crippen molar-refractivity contribution in [3.8, 4) is 16.9 Å². The van der Waals surface area contributed by atoms with Gasteiger partial charge in [0.15, 0.2) is 15.5 Å². The van der Waals surface area contributed by atoms with Crippen molar-refractivity contribution in [1.82, 2.24) is 20.2 Å². The first kappa shape index (κ1) is 24.2. The second kappa shape index (κ2) is 9.76. The van der Waals surface area contributed by atoms with Crippen LogP contribution in [0.25, 0.3) is 16.9 Å². The van der Waals surface area contributed by atoms with Crippen LogP contribution >= 0.6 is 39.1 Å². The predicted octanol–water partition coefficient (Wildman–Crippen LogP) is 4.55. The van der Waals surface area contributed by atoms with Crippen molar-refractivity contribution in [3.63, 3.8) is 0 Å². The number of rotatable bonds is 5. The van der Waals surface area contributed by atoms with Crippen LogP contribution in [-0.2, 0) is 16.3 Å². The summed E-state index contributed by atoms with van der Waals surface area (Å²) in [6, 6.07) is 12.8. The molecule has 1 amide bonds. The molecule has 33 heavy (non-hydrogen) atoms. The van der Waals surface area contributed by atoms with Crippen molar-refractivity contribution >= 4 is 54.9 Å². The molecule has 0 aliphatic carbocycles. The highest BCUT2D eigenvalue weighted by Gasteiger charge is 2.28. The highest BCUT2D eigenvalue weighted by atomic mass is 79.9. The lowest BCUT2D eigenvalue weighted by Crippen LogP contribution is -2.50. The number of hydrogen-bond donors (Lipinski definition) is 1. The van der Waals surface area contributed by atoms with Crippen molar-refractivity contribution in [2.75, 3.05) is 24.6 Å². The molecule has 11 heteroatoms. The van der Waals surface area contributed by atoms with Gasteiger partial charge in [0.25, 0.3) is 5.91 Å². The summed E-state index contributed by atoms with van der Waals surface area (Å²) >= 11 is 16.0. The van der Waals surface area contributed by atoms with E-state index in [-0.39, 0.29) is 30.3 Å². The van der Waals surface area contributed by atoms with E-state index in [9.17, 15) is 13.2 Å². The second-order valence-corrected chi connectivity index (χ2v) is 11.7. The quantitative estimate of drug-likeness (QED) is 0.486. The number of sulfone groups is 1. The van der Waals surface area contributed by atoms with Gasteiger partial charge < -0.3 is 0 Å². The maximum atomic E-state index is 13.2. The number of amides is 1. The minimum atomic E-state index is -3.06. The van der Waals surface area contributed by atoms with E-state index in [0.717, 1.165) is 21.3 Å². The molecule has 1 N–H and O–H groups in total. The molecule has 174 valence electrons. The Bertz CT molecular complexity index is 1300. The van der Waals surface area contributed by atoms with E-state index < -0.39 is 15.7 Å². The lowest BCUT2D eigenvalue weighted by Gasteiger charge is -2.26. The SMILES string of the molecule is CCc1c(C(=O)NN2CCS(=O)(=O)CC2)nn(-c2ccc(Cl)cc2Cl)c1-c1ccc(Br)cc1. The normalized spacial score (nSPS) is 16.0. The van der Waals surface area contributed by atoms with Gasteiger partial charge in [-0.05, 0) is 36.8 Å². The standard InChI is InChI=1S/C22H21BrCl2N4O3S/c1-2-17-20(22(30)27-28-9-11-33(31,32)12-10-28)26-29(19-8-7-16(24)13-18(19)25)21(17)14-3-5-15(23)6-4-14/h3-8,13H,2,9-12H2,1H3,(H,27,30). The molecule has 1 aromatic heterocycles. The topological polar surface area (TPSA) is 84.3 Å². The minimum Gasteiger partial charge on any atom is -0.283 e. The molecule has 1 fully saturated rings. The van der Waals surface area contributed by atoms with Crippen LogP contribution in [0.1, 0.15) is 23.0 Å². The highest BCUT2D eigenvalue weighted by Crippen LogP contribution is 2.34. The third-order valence-electron chi connectivity index (χ3n) is 5.41. The second-order valence-electron chi connectivity index (χ2n) is 7.62. The van der Waals surface area contributed by atoms with Crippen molar-refractivity contribution < 1.29 is 13.2 Å². The van der Waals surface area contributed by atoms with E-state index >= 15 is 0 Å². The van der Waals surface area contributed by atoms with Gasteiger partial charge in [-0.3, -0.25) is 10.2 Å². The zero-order valence-electron chi connectivity index (χ0n) is 17.7. The Morgan fingerprint density at radius 1 is 1.12 bits per heavy atom. The van der Waals surface area contributed by atoms with Gasteiger partial charge >= 0.3 is 0 Å². The maximum Gasteiger partial charge on any atom is 0.286 e. The summed E-state index contributed by atoms with van der Waals surface area (Å²) in [5.74, 6) is -0.381.